The molecule has 4 nitrogen and oxygen atoms in total. The van der Waals surface area contributed by atoms with E-state index in [1.165, 1.54) is 0 Å². The Kier molecular flexibility index (Phi) is 5.73. The van der Waals surface area contributed by atoms with Gasteiger partial charge in [-0.15, -0.1) is 0 Å². The maximum atomic E-state index is 12.6. The van der Waals surface area contributed by atoms with Crippen LogP contribution in [0.15, 0.2) is 66.7 Å². The van der Waals surface area contributed by atoms with E-state index in [1.807, 2.05) is 66.7 Å². The fourth-order valence-electron chi connectivity index (χ4n) is 3.47. The van der Waals surface area contributed by atoms with Crippen molar-refractivity contribution in [2.75, 3.05) is 13.7 Å². The first-order valence-corrected chi connectivity index (χ1v) is 8.88. The first-order valence-electron chi connectivity index (χ1n) is 8.88. The molecule has 0 aliphatic heterocycles. The molecule has 136 valence electrons. The van der Waals surface area contributed by atoms with Crippen LogP contribution in [0.2, 0.25) is 0 Å². The average molecular weight is 359 g/mol. The summed E-state index contributed by atoms with van der Waals surface area (Å²) in [4.78, 5) is 12.6. The molecule has 0 aliphatic rings. The Morgan fingerprint density at radius 3 is 2.41 bits per heavy atom. The highest BCUT2D eigenvalue weighted by Crippen LogP contribution is 2.40. The number of ether oxygens (including phenoxy) is 2. The molecular formula is C23H21NO3. The van der Waals surface area contributed by atoms with Gasteiger partial charge < -0.3 is 9.47 Å². The van der Waals surface area contributed by atoms with Crippen molar-refractivity contribution < 1.29 is 14.3 Å². The summed E-state index contributed by atoms with van der Waals surface area (Å²) in [5, 5.41) is 11.9. The highest BCUT2D eigenvalue weighted by atomic mass is 16.5. The molecular weight excluding hydrogens is 338 g/mol. The molecule has 3 rings (SSSR count). The van der Waals surface area contributed by atoms with Crippen molar-refractivity contribution in [3.05, 3.63) is 77.9 Å². The predicted molar refractivity (Wildman–Crippen MR) is 105 cm³/mol. The number of hydrogen-bond donors (Lipinski definition) is 0. The zero-order chi connectivity index (χ0) is 19.2. The van der Waals surface area contributed by atoms with Crippen LogP contribution in [0.4, 0.5) is 0 Å². The first kappa shape index (κ1) is 18.5. The molecule has 3 aromatic carbocycles. The molecule has 0 spiro atoms. The van der Waals surface area contributed by atoms with Crippen molar-refractivity contribution in [2.45, 2.75) is 12.8 Å². The fraction of sp³-hybridized carbons (Fsp3) is 0.217. The molecule has 0 aromatic heterocycles. The van der Waals surface area contributed by atoms with Gasteiger partial charge in [-0.2, -0.15) is 5.26 Å². The van der Waals surface area contributed by atoms with Crippen molar-refractivity contribution in [3.63, 3.8) is 0 Å². The van der Waals surface area contributed by atoms with E-state index < -0.39 is 17.8 Å². The molecule has 2 unspecified atom stereocenters. The molecule has 0 radical (unpaired) electrons. The van der Waals surface area contributed by atoms with Crippen molar-refractivity contribution in [1.82, 2.24) is 0 Å². The minimum Gasteiger partial charge on any atom is -0.496 e. The number of esters is 1. The van der Waals surface area contributed by atoms with Crippen molar-refractivity contribution in [2.24, 2.45) is 5.92 Å². The summed E-state index contributed by atoms with van der Waals surface area (Å²) in [6, 6.07) is 23.5. The van der Waals surface area contributed by atoms with Gasteiger partial charge in [0.25, 0.3) is 0 Å². The normalized spacial score (nSPS) is 12.8. The largest absolute Gasteiger partial charge is 0.496 e. The molecule has 0 aliphatic carbocycles. The summed E-state index contributed by atoms with van der Waals surface area (Å²) in [5.74, 6) is -1.37. The molecule has 0 heterocycles. The zero-order valence-corrected chi connectivity index (χ0v) is 15.4. The number of para-hydroxylation sites is 1. The summed E-state index contributed by atoms with van der Waals surface area (Å²) >= 11 is 0. The maximum absolute atomic E-state index is 12.6. The molecule has 3 aromatic rings. The lowest BCUT2D eigenvalue weighted by Crippen LogP contribution is -2.25. The Morgan fingerprint density at radius 2 is 1.67 bits per heavy atom. The van der Waals surface area contributed by atoms with E-state index in [9.17, 15) is 10.1 Å². The van der Waals surface area contributed by atoms with Crippen LogP contribution < -0.4 is 4.74 Å². The third kappa shape index (κ3) is 3.63. The second kappa shape index (κ2) is 8.37. The van der Waals surface area contributed by atoms with Gasteiger partial charge >= 0.3 is 5.97 Å². The predicted octanol–water partition coefficient (Wildman–Crippen LogP) is 4.68. The number of hydrogen-bond acceptors (Lipinski definition) is 4. The standard InChI is InChI=1S/C23H21NO3/c1-3-27-23(25)20(15-24)22(19-12-6-7-14-21(19)26-2)18-13-8-10-16-9-4-5-11-17(16)18/h4-14,20,22H,3H2,1-2H3. The summed E-state index contributed by atoms with van der Waals surface area (Å²) in [7, 11) is 1.59. The molecule has 27 heavy (non-hydrogen) atoms. The van der Waals surface area contributed by atoms with Gasteiger partial charge in [-0.3, -0.25) is 4.79 Å². The van der Waals surface area contributed by atoms with E-state index in [1.54, 1.807) is 14.0 Å². The highest BCUT2D eigenvalue weighted by molar-refractivity contribution is 5.88. The average Bonchev–Trinajstić information content (AvgIpc) is 2.72. The van der Waals surface area contributed by atoms with Gasteiger partial charge in [-0.05, 0) is 29.3 Å². The molecule has 0 amide bonds. The van der Waals surface area contributed by atoms with Crippen LogP contribution >= 0.6 is 0 Å². The lowest BCUT2D eigenvalue weighted by atomic mass is 9.79. The van der Waals surface area contributed by atoms with E-state index in [0.717, 1.165) is 21.9 Å². The highest BCUT2D eigenvalue weighted by Gasteiger charge is 2.35. The Bertz CT molecular complexity index is 985. The van der Waals surface area contributed by atoms with Crippen LogP contribution in [0, 0.1) is 17.2 Å². The van der Waals surface area contributed by atoms with Gasteiger partial charge in [0.05, 0.1) is 19.8 Å². The van der Waals surface area contributed by atoms with Gasteiger partial charge in [0.15, 0.2) is 5.92 Å². The lowest BCUT2D eigenvalue weighted by Gasteiger charge is -2.25. The minimum absolute atomic E-state index is 0.227. The van der Waals surface area contributed by atoms with Crippen molar-refractivity contribution >= 4 is 16.7 Å². The summed E-state index contributed by atoms with van der Waals surface area (Å²) in [5.41, 5.74) is 1.69. The van der Waals surface area contributed by atoms with Crippen LogP contribution in [0.25, 0.3) is 10.8 Å². The Balaban J connectivity index is 2.27. The molecule has 0 bridgehead atoms. The van der Waals surface area contributed by atoms with E-state index >= 15 is 0 Å². The van der Waals surface area contributed by atoms with E-state index in [0.29, 0.717) is 5.75 Å². The van der Waals surface area contributed by atoms with Gasteiger partial charge in [0.1, 0.15) is 5.75 Å². The number of methoxy groups -OCH3 is 1. The third-order valence-electron chi connectivity index (χ3n) is 4.65. The first-order chi connectivity index (χ1) is 13.2. The fourth-order valence-corrected chi connectivity index (χ4v) is 3.47. The second-order valence-corrected chi connectivity index (χ2v) is 6.15. The number of carbonyl (C=O) groups excluding carboxylic acids is 1. The topological polar surface area (TPSA) is 59.3 Å². The molecule has 4 heteroatoms. The number of carbonyl (C=O) groups is 1. The third-order valence-corrected chi connectivity index (χ3v) is 4.65. The summed E-state index contributed by atoms with van der Waals surface area (Å²) < 4.78 is 10.7. The smallest absolute Gasteiger partial charge is 0.324 e. The number of rotatable bonds is 6. The van der Waals surface area contributed by atoms with E-state index in [2.05, 4.69) is 6.07 Å². The van der Waals surface area contributed by atoms with Crippen LogP contribution in [-0.4, -0.2) is 19.7 Å². The summed E-state index contributed by atoms with van der Waals surface area (Å²) in [6.45, 7) is 1.97. The Hall–Kier alpha value is -3.32. The van der Waals surface area contributed by atoms with Crippen LogP contribution in [-0.2, 0) is 9.53 Å². The number of fused-ring (bicyclic) bond motifs is 1. The van der Waals surface area contributed by atoms with Crippen LogP contribution in [0.3, 0.4) is 0 Å². The quantitative estimate of drug-likeness (QED) is 0.600. The van der Waals surface area contributed by atoms with Crippen LogP contribution in [0.5, 0.6) is 5.75 Å². The van der Waals surface area contributed by atoms with E-state index in [4.69, 9.17) is 9.47 Å². The lowest BCUT2D eigenvalue weighted by molar-refractivity contribution is -0.146. The maximum Gasteiger partial charge on any atom is 0.324 e. The Labute approximate surface area is 159 Å². The minimum atomic E-state index is -0.980. The second-order valence-electron chi connectivity index (χ2n) is 6.15. The monoisotopic (exact) mass is 359 g/mol. The van der Waals surface area contributed by atoms with Crippen LogP contribution in [0.1, 0.15) is 24.0 Å². The van der Waals surface area contributed by atoms with Crippen molar-refractivity contribution in [1.29, 1.82) is 5.26 Å². The zero-order valence-electron chi connectivity index (χ0n) is 15.4. The molecule has 0 N–H and O–H groups in total. The van der Waals surface area contributed by atoms with Gasteiger partial charge in [0.2, 0.25) is 0 Å². The number of nitrogens with zero attached hydrogens (tertiary/aromatic N) is 1. The molecule has 2 atom stereocenters. The molecule has 0 saturated heterocycles. The SMILES string of the molecule is CCOC(=O)C(C#N)C(c1ccccc1OC)c1cccc2ccccc12. The van der Waals surface area contributed by atoms with Gasteiger partial charge in [-0.25, -0.2) is 0 Å². The number of nitriles is 1. The number of benzene rings is 3. The summed E-state index contributed by atoms with van der Waals surface area (Å²) in [6.07, 6.45) is 0. The molecule has 0 fully saturated rings. The Morgan fingerprint density at radius 1 is 1.00 bits per heavy atom. The van der Waals surface area contributed by atoms with Gasteiger partial charge in [-0.1, -0.05) is 60.7 Å². The van der Waals surface area contributed by atoms with Gasteiger partial charge in [0, 0.05) is 11.5 Å². The van der Waals surface area contributed by atoms with Crippen molar-refractivity contribution in [3.8, 4) is 11.8 Å². The molecule has 0 saturated carbocycles. The van der Waals surface area contributed by atoms with E-state index in [-0.39, 0.29) is 6.61 Å².